The first kappa shape index (κ1) is 13.5. The molecule has 3 unspecified atom stereocenters. The lowest BCUT2D eigenvalue weighted by molar-refractivity contribution is 0.332. The molecule has 104 valence electrons. The van der Waals surface area contributed by atoms with Gasteiger partial charge in [0.15, 0.2) is 0 Å². The summed E-state index contributed by atoms with van der Waals surface area (Å²) in [4.78, 5) is 0. The molecular formula is C17H24ClN. The largest absolute Gasteiger partial charge is 0.313 e. The van der Waals surface area contributed by atoms with Gasteiger partial charge < -0.3 is 5.32 Å². The molecule has 1 aromatic carbocycles. The zero-order valence-electron chi connectivity index (χ0n) is 11.7. The number of fused-ring (bicyclic) bond motifs is 1. The molecule has 3 rings (SSSR count). The van der Waals surface area contributed by atoms with Gasteiger partial charge >= 0.3 is 0 Å². The summed E-state index contributed by atoms with van der Waals surface area (Å²) in [6, 6.07) is 9.05. The minimum Gasteiger partial charge on any atom is -0.313 e. The predicted octanol–water partition coefficient (Wildman–Crippen LogP) is 4.30. The van der Waals surface area contributed by atoms with E-state index in [0.717, 1.165) is 35.7 Å². The second-order valence-electron chi connectivity index (χ2n) is 6.38. The Labute approximate surface area is 121 Å². The van der Waals surface area contributed by atoms with Crippen LogP contribution < -0.4 is 5.32 Å². The van der Waals surface area contributed by atoms with Crippen molar-refractivity contribution in [2.24, 2.45) is 17.8 Å². The first-order chi connectivity index (χ1) is 9.26. The van der Waals surface area contributed by atoms with Gasteiger partial charge in [0.25, 0.3) is 0 Å². The Bertz CT molecular complexity index is 404. The average Bonchev–Trinajstić information content (AvgIpc) is 3.03. The van der Waals surface area contributed by atoms with E-state index >= 15 is 0 Å². The molecule has 1 nitrogen and oxygen atoms in total. The minimum atomic E-state index is 0.661. The van der Waals surface area contributed by atoms with Gasteiger partial charge in [-0.25, -0.2) is 0 Å². The van der Waals surface area contributed by atoms with Crippen LogP contribution in [0.1, 0.15) is 38.2 Å². The minimum absolute atomic E-state index is 0.661. The molecule has 0 heterocycles. The Morgan fingerprint density at radius 2 is 1.84 bits per heavy atom. The molecule has 2 fully saturated rings. The molecular weight excluding hydrogens is 254 g/mol. The van der Waals surface area contributed by atoms with Crippen LogP contribution in [0.15, 0.2) is 24.3 Å². The van der Waals surface area contributed by atoms with Gasteiger partial charge in [0.05, 0.1) is 0 Å². The van der Waals surface area contributed by atoms with E-state index < -0.39 is 0 Å². The van der Waals surface area contributed by atoms with Crippen molar-refractivity contribution in [3.8, 4) is 0 Å². The normalized spacial score (nSPS) is 30.1. The third-order valence-electron chi connectivity index (χ3n) is 4.87. The van der Waals surface area contributed by atoms with Crippen LogP contribution in [0.2, 0.25) is 5.02 Å². The topological polar surface area (TPSA) is 12.0 Å². The standard InChI is InChI=1S/C17H24ClN/c1-2-7-19-17(15-10-13-9-14(13)11-15)8-12-3-5-16(18)6-4-12/h3-6,13-15,17,19H,2,7-11H2,1H3. The molecule has 3 atom stereocenters. The van der Waals surface area contributed by atoms with E-state index in [-0.39, 0.29) is 0 Å². The molecule has 2 aliphatic carbocycles. The van der Waals surface area contributed by atoms with Gasteiger partial charge in [0.2, 0.25) is 0 Å². The fourth-order valence-electron chi connectivity index (χ4n) is 3.70. The molecule has 1 N–H and O–H groups in total. The van der Waals surface area contributed by atoms with Gasteiger partial charge in [0, 0.05) is 11.1 Å². The first-order valence-corrected chi connectivity index (χ1v) is 8.12. The number of rotatable bonds is 6. The highest BCUT2D eigenvalue weighted by Gasteiger charge is 2.47. The van der Waals surface area contributed by atoms with Crippen molar-refractivity contribution in [2.75, 3.05) is 6.54 Å². The van der Waals surface area contributed by atoms with Crippen molar-refractivity contribution in [1.82, 2.24) is 5.32 Å². The van der Waals surface area contributed by atoms with Crippen LogP contribution in [0.5, 0.6) is 0 Å². The Morgan fingerprint density at radius 1 is 1.16 bits per heavy atom. The van der Waals surface area contributed by atoms with Gasteiger partial charge in [-0.1, -0.05) is 30.7 Å². The Hall–Kier alpha value is -0.530. The zero-order chi connectivity index (χ0) is 13.2. The average molecular weight is 278 g/mol. The lowest BCUT2D eigenvalue weighted by atomic mass is 9.89. The Balaban J connectivity index is 1.62. The van der Waals surface area contributed by atoms with E-state index in [4.69, 9.17) is 11.6 Å². The molecule has 0 aliphatic heterocycles. The molecule has 0 aromatic heterocycles. The lowest BCUT2D eigenvalue weighted by Crippen LogP contribution is -2.38. The summed E-state index contributed by atoms with van der Waals surface area (Å²) in [5, 5.41) is 4.62. The van der Waals surface area contributed by atoms with E-state index in [1.54, 1.807) is 0 Å². The fourth-order valence-corrected chi connectivity index (χ4v) is 3.83. The second kappa shape index (κ2) is 5.85. The quantitative estimate of drug-likeness (QED) is 0.818. The van der Waals surface area contributed by atoms with Gasteiger partial charge in [-0.05, 0) is 74.1 Å². The van der Waals surface area contributed by atoms with Crippen molar-refractivity contribution in [2.45, 2.75) is 45.1 Å². The van der Waals surface area contributed by atoms with E-state index in [1.807, 2.05) is 12.1 Å². The molecule has 0 saturated heterocycles. The van der Waals surface area contributed by atoms with Crippen molar-refractivity contribution in [3.05, 3.63) is 34.9 Å². The third-order valence-corrected chi connectivity index (χ3v) is 5.13. The van der Waals surface area contributed by atoms with E-state index in [1.165, 1.54) is 31.2 Å². The highest BCUT2D eigenvalue weighted by atomic mass is 35.5. The molecule has 2 heteroatoms. The SMILES string of the molecule is CCCNC(Cc1ccc(Cl)cc1)C1CC2CC2C1. The van der Waals surface area contributed by atoms with Crippen molar-refractivity contribution < 1.29 is 0 Å². The van der Waals surface area contributed by atoms with E-state index in [0.29, 0.717) is 6.04 Å². The monoisotopic (exact) mass is 277 g/mol. The molecule has 19 heavy (non-hydrogen) atoms. The Morgan fingerprint density at radius 3 is 2.47 bits per heavy atom. The molecule has 0 spiro atoms. The molecule has 2 aliphatic rings. The lowest BCUT2D eigenvalue weighted by Gasteiger charge is -2.26. The maximum atomic E-state index is 5.97. The fraction of sp³-hybridized carbons (Fsp3) is 0.647. The second-order valence-corrected chi connectivity index (χ2v) is 6.81. The Kier molecular flexibility index (Phi) is 4.14. The summed E-state index contributed by atoms with van der Waals surface area (Å²) in [6.45, 7) is 3.39. The molecule has 0 radical (unpaired) electrons. The van der Waals surface area contributed by atoms with E-state index in [9.17, 15) is 0 Å². The zero-order valence-corrected chi connectivity index (χ0v) is 12.5. The predicted molar refractivity (Wildman–Crippen MR) is 81.6 cm³/mol. The van der Waals surface area contributed by atoms with Crippen LogP contribution in [0.3, 0.4) is 0 Å². The first-order valence-electron chi connectivity index (χ1n) is 7.74. The summed E-state index contributed by atoms with van der Waals surface area (Å²) >= 11 is 5.97. The third kappa shape index (κ3) is 3.32. The molecule has 0 amide bonds. The number of halogens is 1. The molecule has 1 aromatic rings. The van der Waals surface area contributed by atoms with Crippen molar-refractivity contribution in [3.63, 3.8) is 0 Å². The van der Waals surface area contributed by atoms with Gasteiger partial charge in [-0.15, -0.1) is 0 Å². The van der Waals surface area contributed by atoms with Crippen LogP contribution in [-0.2, 0) is 6.42 Å². The van der Waals surface area contributed by atoms with Gasteiger partial charge in [0.1, 0.15) is 0 Å². The van der Waals surface area contributed by atoms with Crippen LogP contribution in [0, 0.1) is 17.8 Å². The maximum Gasteiger partial charge on any atom is 0.0406 e. The smallest absolute Gasteiger partial charge is 0.0406 e. The summed E-state index contributed by atoms with van der Waals surface area (Å²) in [6.07, 6.45) is 6.80. The van der Waals surface area contributed by atoms with Crippen molar-refractivity contribution in [1.29, 1.82) is 0 Å². The summed E-state index contributed by atoms with van der Waals surface area (Å²) in [7, 11) is 0. The number of hydrogen-bond acceptors (Lipinski definition) is 1. The van der Waals surface area contributed by atoms with Crippen LogP contribution in [-0.4, -0.2) is 12.6 Å². The van der Waals surface area contributed by atoms with Crippen LogP contribution >= 0.6 is 11.6 Å². The van der Waals surface area contributed by atoms with Crippen LogP contribution in [0.25, 0.3) is 0 Å². The molecule has 0 bridgehead atoms. The summed E-state index contributed by atoms with van der Waals surface area (Å²) in [5.41, 5.74) is 1.42. The van der Waals surface area contributed by atoms with Crippen LogP contribution in [0.4, 0.5) is 0 Å². The molecule has 2 saturated carbocycles. The maximum absolute atomic E-state index is 5.97. The highest BCUT2D eigenvalue weighted by molar-refractivity contribution is 6.30. The summed E-state index contributed by atoms with van der Waals surface area (Å²) in [5.74, 6) is 3.04. The summed E-state index contributed by atoms with van der Waals surface area (Å²) < 4.78 is 0. The van der Waals surface area contributed by atoms with Gasteiger partial charge in [-0.2, -0.15) is 0 Å². The van der Waals surface area contributed by atoms with Crippen molar-refractivity contribution >= 4 is 11.6 Å². The number of nitrogens with one attached hydrogen (secondary N) is 1. The van der Waals surface area contributed by atoms with Gasteiger partial charge in [-0.3, -0.25) is 0 Å². The van der Waals surface area contributed by atoms with E-state index in [2.05, 4.69) is 24.4 Å². The number of benzene rings is 1. The highest BCUT2D eigenvalue weighted by Crippen LogP contribution is 2.55. The number of hydrogen-bond donors (Lipinski definition) is 1.